The Morgan fingerprint density at radius 3 is 2.26 bits per heavy atom. The average Bonchev–Trinajstić information content (AvgIpc) is 2.82. The van der Waals surface area contributed by atoms with E-state index in [9.17, 15) is 8.42 Å². The van der Waals surface area contributed by atoms with Crippen LogP contribution in [0.4, 0.5) is 0 Å². The van der Waals surface area contributed by atoms with E-state index in [0.717, 1.165) is 12.3 Å². The summed E-state index contributed by atoms with van der Waals surface area (Å²) in [6.45, 7) is 9.23. The zero-order valence-corrected chi connectivity index (χ0v) is 13.4. The SMILES string of the molecule is CC1(NC2C(C)(C)[C@H]3CC[C@]2(C)C3)CCS(=O)(=O)C1. The van der Waals surface area contributed by atoms with E-state index in [4.69, 9.17) is 0 Å². The molecule has 0 spiro atoms. The molecule has 1 heterocycles. The fourth-order valence-corrected chi connectivity index (χ4v) is 7.24. The second kappa shape index (κ2) is 3.76. The molecule has 0 aromatic carbocycles. The summed E-state index contributed by atoms with van der Waals surface area (Å²) < 4.78 is 23.6. The lowest BCUT2D eigenvalue weighted by Crippen LogP contribution is -2.59. The molecule has 1 N–H and O–H groups in total. The van der Waals surface area contributed by atoms with Crippen molar-refractivity contribution >= 4 is 9.84 Å². The second-order valence-corrected chi connectivity index (χ2v) is 10.6. The van der Waals surface area contributed by atoms with E-state index in [0.29, 0.717) is 28.4 Å². The molecule has 2 saturated carbocycles. The first-order valence-electron chi connectivity index (χ1n) is 7.55. The van der Waals surface area contributed by atoms with E-state index < -0.39 is 9.84 Å². The third-order valence-electron chi connectivity index (χ3n) is 6.27. The van der Waals surface area contributed by atoms with Crippen molar-refractivity contribution in [2.45, 2.75) is 65.0 Å². The standard InChI is InChI=1S/C15H27NO2S/c1-13(2)11-5-6-14(3,9-11)12(13)16-15(4)7-8-19(17,18)10-15/h11-12,16H,5-10H2,1-4H3/t11-,12?,14+,15?/m0/s1. The van der Waals surface area contributed by atoms with Crippen LogP contribution in [0.25, 0.3) is 0 Å². The molecule has 3 aliphatic rings. The molecule has 2 aliphatic carbocycles. The second-order valence-electron chi connectivity index (χ2n) is 8.40. The highest BCUT2D eigenvalue weighted by atomic mass is 32.2. The first-order valence-corrected chi connectivity index (χ1v) is 9.37. The maximum atomic E-state index is 11.8. The van der Waals surface area contributed by atoms with Gasteiger partial charge in [0.05, 0.1) is 11.5 Å². The van der Waals surface area contributed by atoms with Crippen LogP contribution in [0.15, 0.2) is 0 Å². The van der Waals surface area contributed by atoms with Crippen LogP contribution >= 0.6 is 0 Å². The van der Waals surface area contributed by atoms with Crippen LogP contribution in [0.3, 0.4) is 0 Å². The fraction of sp³-hybridized carbons (Fsp3) is 1.00. The summed E-state index contributed by atoms with van der Waals surface area (Å²) in [6, 6.07) is 0.456. The molecule has 2 unspecified atom stereocenters. The minimum atomic E-state index is -2.83. The predicted octanol–water partition coefficient (Wildman–Crippen LogP) is 2.37. The first-order chi connectivity index (χ1) is 8.57. The summed E-state index contributed by atoms with van der Waals surface area (Å²) >= 11 is 0. The average molecular weight is 285 g/mol. The highest BCUT2D eigenvalue weighted by Crippen LogP contribution is 2.62. The van der Waals surface area contributed by atoms with Gasteiger partial charge in [0.15, 0.2) is 9.84 Å². The maximum Gasteiger partial charge on any atom is 0.152 e. The molecule has 3 fully saturated rings. The van der Waals surface area contributed by atoms with Crippen molar-refractivity contribution in [2.24, 2.45) is 16.7 Å². The van der Waals surface area contributed by atoms with Gasteiger partial charge in [0.25, 0.3) is 0 Å². The largest absolute Gasteiger partial charge is 0.307 e. The van der Waals surface area contributed by atoms with Gasteiger partial charge in [-0.1, -0.05) is 20.8 Å². The molecule has 4 atom stereocenters. The Bertz CT molecular complexity index is 494. The summed E-state index contributed by atoms with van der Waals surface area (Å²) in [5.74, 6) is 1.47. The van der Waals surface area contributed by atoms with Crippen molar-refractivity contribution in [3.8, 4) is 0 Å². The van der Waals surface area contributed by atoms with Gasteiger partial charge >= 0.3 is 0 Å². The summed E-state index contributed by atoms with van der Waals surface area (Å²) in [5, 5.41) is 3.79. The topological polar surface area (TPSA) is 46.2 Å². The molecule has 2 bridgehead atoms. The van der Waals surface area contributed by atoms with Crippen molar-refractivity contribution in [3.63, 3.8) is 0 Å². The van der Waals surface area contributed by atoms with Crippen LogP contribution in [-0.2, 0) is 9.84 Å². The van der Waals surface area contributed by atoms with Crippen LogP contribution < -0.4 is 5.32 Å². The van der Waals surface area contributed by atoms with Crippen molar-refractivity contribution in [2.75, 3.05) is 11.5 Å². The summed E-state index contributed by atoms with van der Waals surface area (Å²) in [7, 11) is -2.83. The number of nitrogens with one attached hydrogen (secondary N) is 1. The Labute approximate surface area is 117 Å². The van der Waals surface area contributed by atoms with Gasteiger partial charge in [-0.25, -0.2) is 8.42 Å². The first kappa shape index (κ1) is 13.9. The Balaban J connectivity index is 1.84. The molecule has 0 aromatic heterocycles. The molecule has 1 aliphatic heterocycles. The van der Waals surface area contributed by atoms with Gasteiger partial charge in [-0.3, -0.25) is 0 Å². The van der Waals surface area contributed by atoms with Gasteiger partial charge in [0.1, 0.15) is 0 Å². The van der Waals surface area contributed by atoms with E-state index in [1.807, 2.05) is 0 Å². The zero-order valence-electron chi connectivity index (χ0n) is 12.6. The van der Waals surface area contributed by atoms with E-state index in [1.165, 1.54) is 19.3 Å². The smallest absolute Gasteiger partial charge is 0.152 e. The Morgan fingerprint density at radius 2 is 1.79 bits per heavy atom. The van der Waals surface area contributed by atoms with Gasteiger partial charge in [0.2, 0.25) is 0 Å². The summed E-state index contributed by atoms with van der Waals surface area (Å²) in [4.78, 5) is 0. The Kier molecular flexibility index (Phi) is 2.74. The molecular weight excluding hydrogens is 258 g/mol. The lowest BCUT2D eigenvalue weighted by atomic mass is 9.67. The Hall–Kier alpha value is -0.0900. The van der Waals surface area contributed by atoms with Gasteiger partial charge in [-0.2, -0.15) is 0 Å². The van der Waals surface area contributed by atoms with Gasteiger partial charge in [-0.05, 0) is 49.4 Å². The zero-order chi connectivity index (χ0) is 14.1. The summed E-state index contributed by atoms with van der Waals surface area (Å²) in [5.41, 5.74) is 0.445. The molecule has 4 heteroatoms. The third kappa shape index (κ3) is 2.06. The van der Waals surface area contributed by atoms with E-state index in [2.05, 4.69) is 33.0 Å². The number of rotatable bonds is 2. The molecule has 19 heavy (non-hydrogen) atoms. The van der Waals surface area contributed by atoms with Crippen LogP contribution in [-0.4, -0.2) is 31.5 Å². The Morgan fingerprint density at radius 1 is 1.11 bits per heavy atom. The lowest BCUT2D eigenvalue weighted by molar-refractivity contribution is 0.0845. The van der Waals surface area contributed by atoms with Crippen molar-refractivity contribution in [3.05, 3.63) is 0 Å². The number of hydrogen-bond acceptors (Lipinski definition) is 3. The van der Waals surface area contributed by atoms with Crippen LogP contribution in [0, 0.1) is 16.7 Å². The fourth-order valence-electron chi connectivity index (χ4n) is 5.14. The lowest BCUT2D eigenvalue weighted by Gasteiger charge is -2.47. The highest BCUT2D eigenvalue weighted by molar-refractivity contribution is 7.91. The maximum absolute atomic E-state index is 11.8. The van der Waals surface area contributed by atoms with E-state index in [1.54, 1.807) is 0 Å². The number of hydrogen-bond donors (Lipinski definition) is 1. The van der Waals surface area contributed by atoms with Crippen molar-refractivity contribution in [1.29, 1.82) is 0 Å². The minimum absolute atomic E-state index is 0.214. The molecule has 3 rings (SSSR count). The number of sulfone groups is 1. The van der Waals surface area contributed by atoms with Crippen molar-refractivity contribution < 1.29 is 8.42 Å². The highest BCUT2D eigenvalue weighted by Gasteiger charge is 2.60. The normalized spacial score (nSPS) is 50.7. The molecule has 110 valence electrons. The van der Waals surface area contributed by atoms with Crippen molar-refractivity contribution in [1.82, 2.24) is 5.32 Å². The molecule has 1 saturated heterocycles. The van der Waals surface area contributed by atoms with Crippen LogP contribution in [0.2, 0.25) is 0 Å². The van der Waals surface area contributed by atoms with E-state index >= 15 is 0 Å². The quantitative estimate of drug-likeness (QED) is 0.847. The van der Waals surface area contributed by atoms with Gasteiger partial charge in [-0.15, -0.1) is 0 Å². The van der Waals surface area contributed by atoms with Crippen LogP contribution in [0.1, 0.15) is 53.4 Å². The predicted molar refractivity (Wildman–Crippen MR) is 77.8 cm³/mol. The number of fused-ring (bicyclic) bond motifs is 2. The van der Waals surface area contributed by atoms with E-state index in [-0.39, 0.29) is 5.54 Å². The van der Waals surface area contributed by atoms with Gasteiger partial charge < -0.3 is 5.32 Å². The minimum Gasteiger partial charge on any atom is -0.307 e. The molecule has 3 nitrogen and oxygen atoms in total. The van der Waals surface area contributed by atoms with Crippen LogP contribution in [0.5, 0.6) is 0 Å². The molecule has 0 radical (unpaired) electrons. The molecular formula is C15H27NO2S. The third-order valence-corrected chi connectivity index (χ3v) is 8.17. The molecule has 0 aromatic rings. The molecule has 0 amide bonds. The van der Waals surface area contributed by atoms with Gasteiger partial charge in [0, 0.05) is 11.6 Å². The summed E-state index contributed by atoms with van der Waals surface area (Å²) in [6.07, 6.45) is 4.71. The monoisotopic (exact) mass is 285 g/mol.